The number of carboxylic acid groups (broad SMARTS) is 1. The SMILES string of the molecule is CC(=O)OCC1=C(C(=O)O)N2C(=O)C(NC(=O)C(NC(=O)N3CCN(C(=O)c4ccc(C#N)cc4)C3=O)c3ccccc3)[C@@H]2SC1. The molecule has 7 amide bonds. The minimum absolute atomic E-state index is 0.0997. The number of hydrogen-bond acceptors (Lipinski definition) is 10. The first-order chi connectivity index (χ1) is 22.0. The minimum atomic E-state index is -1.39. The fourth-order valence-electron chi connectivity index (χ4n) is 5.12. The highest BCUT2D eigenvalue weighted by molar-refractivity contribution is 8.00. The Morgan fingerprint density at radius 1 is 1.04 bits per heavy atom. The summed E-state index contributed by atoms with van der Waals surface area (Å²) in [4.78, 5) is 92.0. The maximum atomic E-state index is 13.6. The predicted molar refractivity (Wildman–Crippen MR) is 158 cm³/mol. The Hall–Kier alpha value is -5.69. The molecule has 3 aliphatic heterocycles. The predicted octanol–water partition coefficient (Wildman–Crippen LogP) is 1.19. The molecule has 3 aliphatic rings. The molecule has 5 rings (SSSR count). The fourth-order valence-corrected chi connectivity index (χ4v) is 6.45. The van der Waals surface area contributed by atoms with Crippen LogP contribution in [0.2, 0.25) is 0 Å². The zero-order valence-electron chi connectivity index (χ0n) is 24.2. The van der Waals surface area contributed by atoms with E-state index < -0.39 is 59.2 Å². The zero-order valence-corrected chi connectivity index (χ0v) is 25.0. The third-order valence-corrected chi connectivity index (χ3v) is 8.76. The first-order valence-corrected chi connectivity index (χ1v) is 14.9. The van der Waals surface area contributed by atoms with E-state index >= 15 is 0 Å². The number of aliphatic carboxylic acids is 1. The number of urea groups is 2. The normalized spacial score (nSPS) is 19.4. The Kier molecular flexibility index (Phi) is 9.05. The molecule has 2 saturated heterocycles. The number of nitriles is 1. The van der Waals surface area contributed by atoms with Gasteiger partial charge in [-0.3, -0.25) is 29.0 Å². The van der Waals surface area contributed by atoms with Gasteiger partial charge in [-0.15, -0.1) is 11.8 Å². The summed E-state index contributed by atoms with van der Waals surface area (Å²) >= 11 is 1.18. The summed E-state index contributed by atoms with van der Waals surface area (Å²) < 4.78 is 4.93. The van der Waals surface area contributed by atoms with Crippen LogP contribution in [-0.2, 0) is 23.9 Å². The molecular weight excluding hydrogens is 620 g/mol. The number of carbonyl (C=O) groups excluding carboxylic acids is 6. The topological polar surface area (TPSA) is 207 Å². The number of carboxylic acids is 1. The molecular formula is C30H26N6O9S. The van der Waals surface area contributed by atoms with E-state index in [1.165, 1.54) is 43.0 Å². The Bertz CT molecular complexity index is 1710. The van der Waals surface area contributed by atoms with E-state index in [0.29, 0.717) is 11.1 Å². The van der Waals surface area contributed by atoms with E-state index in [2.05, 4.69) is 10.6 Å². The van der Waals surface area contributed by atoms with Crippen LogP contribution in [0.15, 0.2) is 65.9 Å². The number of imide groups is 2. The van der Waals surface area contributed by atoms with Crippen molar-refractivity contribution in [3.63, 3.8) is 0 Å². The van der Waals surface area contributed by atoms with Gasteiger partial charge < -0.3 is 20.5 Å². The van der Waals surface area contributed by atoms with Crippen LogP contribution < -0.4 is 10.6 Å². The van der Waals surface area contributed by atoms with Crippen molar-refractivity contribution in [2.24, 2.45) is 0 Å². The number of benzene rings is 2. The van der Waals surface area contributed by atoms with Crippen LogP contribution in [0, 0.1) is 11.3 Å². The van der Waals surface area contributed by atoms with Crippen LogP contribution in [0.5, 0.6) is 0 Å². The lowest BCUT2D eigenvalue weighted by atomic mass is 10.0. The number of amides is 7. The molecule has 3 heterocycles. The Balaban J connectivity index is 1.29. The monoisotopic (exact) mass is 646 g/mol. The number of esters is 1. The third-order valence-electron chi connectivity index (χ3n) is 7.42. The van der Waals surface area contributed by atoms with Crippen molar-refractivity contribution in [1.82, 2.24) is 25.3 Å². The summed E-state index contributed by atoms with van der Waals surface area (Å²) in [7, 11) is 0. The van der Waals surface area contributed by atoms with Crippen molar-refractivity contribution in [3.8, 4) is 6.07 Å². The Labute approximate surface area is 265 Å². The summed E-state index contributed by atoms with van der Waals surface area (Å²) in [6.45, 7) is 0.627. The molecule has 0 saturated carbocycles. The minimum Gasteiger partial charge on any atom is -0.477 e. The van der Waals surface area contributed by atoms with Crippen LogP contribution in [0.4, 0.5) is 9.59 Å². The number of fused-ring (bicyclic) bond motifs is 1. The Morgan fingerprint density at radius 3 is 2.35 bits per heavy atom. The second kappa shape index (κ2) is 13.1. The second-order valence-electron chi connectivity index (χ2n) is 10.3. The van der Waals surface area contributed by atoms with Crippen molar-refractivity contribution < 1.29 is 43.4 Å². The largest absolute Gasteiger partial charge is 0.477 e. The number of carbonyl (C=O) groups is 7. The highest BCUT2D eigenvalue weighted by atomic mass is 32.2. The lowest BCUT2D eigenvalue weighted by Gasteiger charge is -2.49. The maximum Gasteiger partial charge on any atom is 0.352 e. The number of nitrogens with one attached hydrogen (secondary N) is 2. The number of rotatable bonds is 8. The van der Waals surface area contributed by atoms with Gasteiger partial charge in [0.05, 0.1) is 18.2 Å². The number of nitrogens with zero attached hydrogens (tertiary/aromatic N) is 4. The van der Waals surface area contributed by atoms with Crippen LogP contribution in [0.1, 0.15) is 34.5 Å². The lowest BCUT2D eigenvalue weighted by Crippen LogP contribution is -2.71. The number of β-lactam (4-membered cyclic amide) rings is 1. The standard InChI is InChI=1S/C30H26N6O9S/c1-16(37)45-14-20-15-46-27-22(26(40)36(27)23(20)28(41)42)32-24(38)21(18-5-3-2-4-6-18)33-29(43)35-12-11-34(30(35)44)25(39)19-9-7-17(13-31)8-10-19/h2-10,21-22,27H,11-12,14-15H2,1H3,(H,32,38)(H,33,43)(H,41,42)/t21?,22?,27-/m0/s1. The van der Waals surface area contributed by atoms with E-state index in [4.69, 9.17) is 10.00 Å². The highest BCUT2D eigenvalue weighted by Gasteiger charge is 2.54. The number of hydrogen-bond donors (Lipinski definition) is 3. The molecule has 0 bridgehead atoms. The van der Waals surface area contributed by atoms with Gasteiger partial charge in [0.2, 0.25) is 5.91 Å². The molecule has 236 valence electrons. The smallest absolute Gasteiger partial charge is 0.352 e. The van der Waals surface area contributed by atoms with E-state index in [1.54, 1.807) is 30.3 Å². The van der Waals surface area contributed by atoms with Gasteiger partial charge >= 0.3 is 24.0 Å². The first kappa shape index (κ1) is 31.7. The van der Waals surface area contributed by atoms with Crippen molar-refractivity contribution in [2.75, 3.05) is 25.4 Å². The van der Waals surface area contributed by atoms with Crippen molar-refractivity contribution in [3.05, 3.63) is 82.6 Å². The van der Waals surface area contributed by atoms with E-state index in [0.717, 1.165) is 14.7 Å². The third kappa shape index (κ3) is 6.13. The molecule has 2 unspecified atom stereocenters. The molecule has 2 aromatic carbocycles. The lowest BCUT2D eigenvalue weighted by molar-refractivity contribution is -0.151. The molecule has 16 heteroatoms. The second-order valence-corrected chi connectivity index (χ2v) is 11.4. The molecule has 0 aliphatic carbocycles. The van der Waals surface area contributed by atoms with Crippen molar-refractivity contribution >= 4 is 53.5 Å². The molecule has 0 radical (unpaired) electrons. The molecule has 2 fully saturated rings. The van der Waals surface area contributed by atoms with E-state index in [1.807, 2.05) is 6.07 Å². The van der Waals surface area contributed by atoms with E-state index in [9.17, 15) is 38.7 Å². The maximum absolute atomic E-state index is 13.6. The highest BCUT2D eigenvalue weighted by Crippen LogP contribution is 2.40. The molecule has 0 spiro atoms. The molecule has 0 aromatic heterocycles. The zero-order chi connectivity index (χ0) is 33.1. The summed E-state index contributed by atoms with van der Waals surface area (Å²) in [6.07, 6.45) is 0. The molecule has 3 N–H and O–H groups in total. The summed E-state index contributed by atoms with van der Waals surface area (Å²) in [5, 5.41) is 23.1. The van der Waals surface area contributed by atoms with Gasteiger partial charge in [0.15, 0.2) is 0 Å². The van der Waals surface area contributed by atoms with Gasteiger partial charge in [-0.2, -0.15) is 5.26 Å². The van der Waals surface area contributed by atoms with Gasteiger partial charge in [0.1, 0.15) is 29.8 Å². The quantitative estimate of drug-likeness (QED) is 0.274. The van der Waals surface area contributed by atoms with Gasteiger partial charge in [0, 0.05) is 30.4 Å². The summed E-state index contributed by atoms with van der Waals surface area (Å²) in [5.74, 6) is -4.02. The van der Waals surface area contributed by atoms with Crippen molar-refractivity contribution in [2.45, 2.75) is 24.4 Å². The van der Waals surface area contributed by atoms with E-state index in [-0.39, 0.29) is 42.3 Å². The average molecular weight is 647 g/mol. The summed E-state index contributed by atoms with van der Waals surface area (Å²) in [6, 6.07) is 11.3. The van der Waals surface area contributed by atoms with Crippen LogP contribution in [0.25, 0.3) is 0 Å². The molecule has 3 atom stereocenters. The van der Waals surface area contributed by atoms with Crippen LogP contribution in [-0.4, -0.2) is 98.4 Å². The van der Waals surface area contributed by atoms with Crippen LogP contribution >= 0.6 is 11.8 Å². The van der Waals surface area contributed by atoms with Gasteiger partial charge in [0.25, 0.3) is 11.8 Å². The number of ether oxygens (including phenoxy) is 1. The molecule has 15 nitrogen and oxygen atoms in total. The van der Waals surface area contributed by atoms with Gasteiger partial charge in [-0.25, -0.2) is 19.3 Å². The Morgan fingerprint density at radius 2 is 1.72 bits per heavy atom. The fraction of sp³-hybridized carbons (Fsp3) is 0.267. The summed E-state index contributed by atoms with van der Waals surface area (Å²) in [5.41, 5.74) is 0.729. The van der Waals surface area contributed by atoms with Crippen molar-refractivity contribution in [1.29, 1.82) is 5.26 Å². The molecule has 2 aromatic rings. The average Bonchev–Trinajstić information content (AvgIpc) is 3.45. The van der Waals surface area contributed by atoms with Gasteiger partial charge in [-0.1, -0.05) is 30.3 Å². The first-order valence-electron chi connectivity index (χ1n) is 13.8. The number of thioether (sulfide) groups is 1. The molecule has 46 heavy (non-hydrogen) atoms. The van der Waals surface area contributed by atoms with Crippen LogP contribution in [0.3, 0.4) is 0 Å². The van der Waals surface area contributed by atoms with Gasteiger partial charge in [-0.05, 0) is 29.8 Å².